The van der Waals surface area contributed by atoms with Gasteiger partial charge in [-0.25, -0.2) is 0 Å². The highest BCUT2D eigenvalue weighted by Gasteiger charge is 2.34. The first-order chi connectivity index (χ1) is 7.42. The van der Waals surface area contributed by atoms with Crippen LogP contribution in [0, 0.1) is 6.92 Å². The Balaban J connectivity index is 3.30. The van der Waals surface area contributed by atoms with Crippen molar-refractivity contribution in [2.45, 2.75) is 12.8 Å². The number of nitrogens with one attached hydrogen (secondary N) is 1. The van der Waals surface area contributed by atoms with Crippen LogP contribution in [0.5, 0.6) is 5.75 Å². The van der Waals surface area contributed by atoms with Gasteiger partial charge in [-0.15, -0.1) is 0 Å². The second-order valence-corrected chi connectivity index (χ2v) is 3.97. The fourth-order valence-corrected chi connectivity index (χ4v) is 1.86. The molecule has 5 heteroatoms. The summed E-state index contributed by atoms with van der Waals surface area (Å²) >= 11 is 5.78. The van der Waals surface area contributed by atoms with E-state index in [1.165, 1.54) is 20.2 Å². The first-order valence-corrected chi connectivity index (χ1v) is 5.17. The smallest absolute Gasteiger partial charge is 0.289 e. The van der Waals surface area contributed by atoms with Crippen LogP contribution in [-0.4, -0.2) is 20.7 Å². The Morgan fingerprint density at radius 2 is 2.06 bits per heavy atom. The second-order valence-electron chi connectivity index (χ2n) is 3.54. The van der Waals surface area contributed by atoms with Crippen molar-refractivity contribution >= 4 is 11.6 Å². The van der Waals surface area contributed by atoms with Crippen LogP contribution in [0.1, 0.15) is 11.1 Å². The van der Waals surface area contributed by atoms with Crippen molar-refractivity contribution in [3.8, 4) is 5.75 Å². The Kier molecular flexibility index (Phi) is 4.10. The van der Waals surface area contributed by atoms with E-state index in [9.17, 15) is 8.78 Å². The number of hydrogen-bond acceptors (Lipinski definition) is 2. The summed E-state index contributed by atoms with van der Waals surface area (Å²) in [7, 11) is 2.84. The van der Waals surface area contributed by atoms with Crippen LogP contribution in [0.25, 0.3) is 0 Å². The molecule has 0 spiro atoms. The summed E-state index contributed by atoms with van der Waals surface area (Å²) in [5, 5.41) is 2.73. The molecule has 1 rings (SSSR count). The van der Waals surface area contributed by atoms with Crippen molar-refractivity contribution in [3.05, 3.63) is 28.3 Å². The predicted molar refractivity (Wildman–Crippen MR) is 60.6 cm³/mol. The third-order valence-corrected chi connectivity index (χ3v) is 2.45. The molecule has 2 nitrogen and oxygen atoms in total. The molecule has 0 fully saturated rings. The maximum absolute atomic E-state index is 13.8. The zero-order valence-electron chi connectivity index (χ0n) is 9.40. The Labute approximate surface area is 98.6 Å². The molecule has 0 unspecified atom stereocenters. The van der Waals surface area contributed by atoms with E-state index in [-0.39, 0.29) is 16.3 Å². The number of likely N-dealkylation sites (N-methyl/N-ethyl adjacent to an activating group) is 1. The molecule has 0 aliphatic rings. The van der Waals surface area contributed by atoms with Crippen LogP contribution in [0.15, 0.2) is 12.1 Å². The van der Waals surface area contributed by atoms with Gasteiger partial charge in [-0.2, -0.15) is 8.78 Å². The van der Waals surface area contributed by atoms with Gasteiger partial charge in [0.15, 0.2) is 0 Å². The van der Waals surface area contributed by atoms with Crippen LogP contribution in [0.2, 0.25) is 5.02 Å². The molecule has 0 amide bonds. The SMILES string of the molecule is CNCC(F)(F)c1cc(Cl)cc(C)c1OC. The largest absolute Gasteiger partial charge is 0.496 e. The first-order valence-electron chi connectivity index (χ1n) is 4.79. The highest BCUT2D eigenvalue weighted by molar-refractivity contribution is 6.30. The van der Waals surface area contributed by atoms with Crippen molar-refractivity contribution in [2.75, 3.05) is 20.7 Å². The molecule has 0 aliphatic carbocycles. The summed E-state index contributed by atoms with van der Waals surface area (Å²) in [6, 6.07) is 2.84. The number of ether oxygens (including phenoxy) is 1. The topological polar surface area (TPSA) is 21.3 Å². The van der Waals surface area contributed by atoms with Crippen LogP contribution in [0.3, 0.4) is 0 Å². The lowest BCUT2D eigenvalue weighted by Crippen LogP contribution is -2.28. The lowest BCUT2D eigenvalue weighted by atomic mass is 10.0. The van der Waals surface area contributed by atoms with Gasteiger partial charge in [-0.1, -0.05) is 11.6 Å². The molecule has 0 atom stereocenters. The van der Waals surface area contributed by atoms with Gasteiger partial charge in [0.05, 0.1) is 19.2 Å². The van der Waals surface area contributed by atoms with Crippen molar-refractivity contribution in [3.63, 3.8) is 0 Å². The zero-order chi connectivity index (χ0) is 12.3. The van der Waals surface area contributed by atoms with E-state index in [4.69, 9.17) is 16.3 Å². The number of rotatable bonds is 4. The van der Waals surface area contributed by atoms with Crippen molar-refractivity contribution in [1.82, 2.24) is 5.32 Å². The molecule has 0 bridgehead atoms. The average molecular weight is 250 g/mol. The normalized spacial score (nSPS) is 11.6. The molecule has 0 radical (unpaired) electrons. The Morgan fingerprint density at radius 1 is 1.44 bits per heavy atom. The molecule has 1 aromatic carbocycles. The van der Waals surface area contributed by atoms with Crippen molar-refractivity contribution in [1.29, 1.82) is 0 Å². The van der Waals surface area contributed by atoms with E-state index in [2.05, 4.69) is 5.32 Å². The Morgan fingerprint density at radius 3 is 2.56 bits per heavy atom. The number of benzene rings is 1. The minimum Gasteiger partial charge on any atom is -0.496 e. The summed E-state index contributed by atoms with van der Waals surface area (Å²) in [6.45, 7) is 1.23. The average Bonchev–Trinajstić information content (AvgIpc) is 2.16. The van der Waals surface area contributed by atoms with Gasteiger partial charge < -0.3 is 10.1 Å². The van der Waals surface area contributed by atoms with Gasteiger partial charge in [0.2, 0.25) is 0 Å². The van der Waals surface area contributed by atoms with E-state index >= 15 is 0 Å². The fourth-order valence-electron chi connectivity index (χ4n) is 1.59. The summed E-state index contributed by atoms with van der Waals surface area (Å²) in [5.41, 5.74) is 0.412. The van der Waals surface area contributed by atoms with Gasteiger partial charge in [0, 0.05) is 5.02 Å². The summed E-state index contributed by atoms with van der Waals surface area (Å²) < 4.78 is 32.5. The first kappa shape index (κ1) is 13.2. The van der Waals surface area contributed by atoms with Gasteiger partial charge in [-0.05, 0) is 31.7 Å². The van der Waals surface area contributed by atoms with Gasteiger partial charge in [0.1, 0.15) is 5.75 Å². The zero-order valence-corrected chi connectivity index (χ0v) is 10.2. The molecule has 0 saturated carbocycles. The molecule has 90 valence electrons. The number of hydrogen-bond donors (Lipinski definition) is 1. The molecule has 0 aromatic heterocycles. The number of alkyl halides is 2. The van der Waals surface area contributed by atoms with Gasteiger partial charge in [0.25, 0.3) is 5.92 Å². The van der Waals surface area contributed by atoms with Crippen molar-refractivity contribution in [2.24, 2.45) is 0 Å². The minimum absolute atomic E-state index is 0.185. The van der Waals surface area contributed by atoms with Crippen LogP contribution in [-0.2, 0) is 5.92 Å². The molecular formula is C11H14ClF2NO. The highest BCUT2D eigenvalue weighted by Crippen LogP contribution is 2.38. The second kappa shape index (κ2) is 4.97. The fraction of sp³-hybridized carbons (Fsp3) is 0.455. The monoisotopic (exact) mass is 249 g/mol. The van der Waals surface area contributed by atoms with Crippen LogP contribution >= 0.6 is 11.6 Å². The quantitative estimate of drug-likeness (QED) is 0.886. The molecular weight excluding hydrogens is 236 g/mol. The maximum Gasteiger partial charge on any atom is 0.289 e. The standard InChI is InChI=1S/C11H14ClF2NO/c1-7-4-8(12)5-9(10(7)16-3)11(13,14)6-15-2/h4-5,15H,6H2,1-3H3. The van der Waals surface area contributed by atoms with E-state index in [1.54, 1.807) is 13.0 Å². The van der Waals surface area contributed by atoms with Crippen LogP contribution < -0.4 is 10.1 Å². The lowest BCUT2D eigenvalue weighted by molar-refractivity contribution is -0.00349. The summed E-state index contributed by atoms with van der Waals surface area (Å²) in [4.78, 5) is 0. The Bertz CT molecular complexity index is 382. The maximum atomic E-state index is 13.8. The third kappa shape index (κ3) is 2.62. The molecule has 0 saturated heterocycles. The predicted octanol–water partition coefficient (Wildman–Crippen LogP) is 2.97. The molecule has 0 heterocycles. The molecule has 0 aliphatic heterocycles. The molecule has 1 aromatic rings. The summed E-state index contributed by atoms with van der Waals surface area (Å²) in [6.07, 6.45) is 0. The van der Waals surface area contributed by atoms with Gasteiger partial charge >= 0.3 is 0 Å². The molecule has 16 heavy (non-hydrogen) atoms. The van der Waals surface area contributed by atoms with E-state index in [0.29, 0.717) is 5.56 Å². The Hall–Kier alpha value is -0.870. The van der Waals surface area contributed by atoms with Gasteiger partial charge in [-0.3, -0.25) is 0 Å². The highest BCUT2D eigenvalue weighted by atomic mass is 35.5. The van der Waals surface area contributed by atoms with E-state index in [1.807, 2.05) is 0 Å². The minimum atomic E-state index is -3.00. The van der Waals surface area contributed by atoms with Crippen LogP contribution in [0.4, 0.5) is 8.78 Å². The third-order valence-electron chi connectivity index (χ3n) is 2.24. The summed E-state index contributed by atoms with van der Waals surface area (Å²) in [5.74, 6) is -2.82. The van der Waals surface area contributed by atoms with Crippen molar-refractivity contribution < 1.29 is 13.5 Å². The lowest BCUT2D eigenvalue weighted by Gasteiger charge is -2.20. The number of methoxy groups -OCH3 is 1. The van der Waals surface area contributed by atoms with E-state index in [0.717, 1.165) is 0 Å². The number of aryl methyl sites for hydroxylation is 1. The molecule has 1 N–H and O–H groups in total. The number of halogens is 3. The van der Waals surface area contributed by atoms with E-state index < -0.39 is 12.5 Å².